The topological polar surface area (TPSA) is 40.0 Å². The molecular formula is C14H18N2OS. The molecule has 0 aliphatic rings. The highest BCUT2D eigenvalue weighted by Crippen LogP contribution is 2.09. The van der Waals surface area contributed by atoms with Crippen molar-refractivity contribution < 1.29 is 4.55 Å². The van der Waals surface area contributed by atoms with Gasteiger partial charge in [-0.2, -0.15) is 0 Å². The molecule has 3 nitrogen and oxygen atoms in total. The molecule has 0 aliphatic heterocycles. The number of hydrogen-bond donors (Lipinski definition) is 1. The zero-order chi connectivity index (χ0) is 12.8. The predicted octanol–water partition coefficient (Wildman–Crippen LogP) is 2.50. The monoisotopic (exact) mass is 262 g/mol. The van der Waals surface area contributed by atoms with Crippen LogP contribution in [0.1, 0.15) is 12.0 Å². The lowest BCUT2D eigenvalue weighted by Crippen LogP contribution is -2.25. The van der Waals surface area contributed by atoms with E-state index in [0.29, 0.717) is 0 Å². The minimum atomic E-state index is -1.10. The predicted molar refractivity (Wildman–Crippen MR) is 74.6 cm³/mol. The Morgan fingerprint density at radius 3 is 2.50 bits per heavy atom. The van der Waals surface area contributed by atoms with Gasteiger partial charge in [0.2, 0.25) is 0 Å². The second kappa shape index (κ2) is 6.64. The lowest BCUT2D eigenvalue weighted by atomic mass is 10.2. The summed E-state index contributed by atoms with van der Waals surface area (Å²) in [5.74, 6) is 0. The first-order chi connectivity index (χ1) is 8.75. The fourth-order valence-electron chi connectivity index (χ4n) is 1.69. The van der Waals surface area contributed by atoms with Gasteiger partial charge >= 0.3 is 0 Å². The zero-order valence-electron chi connectivity index (χ0n) is 10.5. The van der Waals surface area contributed by atoms with Gasteiger partial charge in [-0.05, 0) is 37.6 Å². The Bertz CT molecular complexity index is 453. The molecular weight excluding hydrogens is 244 g/mol. The quantitative estimate of drug-likeness (QED) is 0.642. The van der Waals surface area contributed by atoms with Crippen LogP contribution in [0, 0.1) is 6.92 Å². The van der Waals surface area contributed by atoms with Gasteiger partial charge in [0.15, 0.2) is 4.90 Å². The number of benzene rings is 1. The van der Waals surface area contributed by atoms with Crippen molar-refractivity contribution in [3.05, 3.63) is 54.4 Å². The van der Waals surface area contributed by atoms with Crippen molar-refractivity contribution in [3.63, 3.8) is 0 Å². The first-order valence-electron chi connectivity index (χ1n) is 6.08. The summed E-state index contributed by atoms with van der Waals surface area (Å²) >= 11 is -1.10. The lowest BCUT2D eigenvalue weighted by Gasteiger charge is -2.10. The van der Waals surface area contributed by atoms with Crippen molar-refractivity contribution in [1.82, 2.24) is 9.29 Å². The van der Waals surface area contributed by atoms with Gasteiger partial charge in [-0.25, -0.2) is 0 Å². The number of aryl methyl sites for hydroxylation is 2. The average molecular weight is 262 g/mol. The standard InChI is InChI=1S/C14H18N2OS/c1-13-5-7-14(8-6-13)18(17)15-9-4-12-16-10-2-3-11-16/h2-3,5-8,10-11,15H,4,9,12H2,1H3. The first kappa shape index (κ1) is 13.2. The number of nitrogens with one attached hydrogen (secondary N) is 1. The second-order valence-electron chi connectivity index (χ2n) is 4.25. The van der Waals surface area contributed by atoms with Gasteiger partial charge < -0.3 is 9.12 Å². The van der Waals surface area contributed by atoms with Gasteiger partial charge in [0, 0.05) is 25.5 Å². The maximum absolute atomic E-state index is 11.9. The number of nitrogens with zero attached hydrogens (tertiary/aromatic N) is 1. The Labute approximate surface area is 111 Å². The molecule has 18 heavy (non-hydrogen) atoms. The summed E-state index contributed by atoms with van der Waals surface area (Å²) in [6.45, 7) is 3.72. The maximum Gasteiger partial charge on any atom is 0.173 e. The molecule has 2 rings (SSSR count). The molecule has 0 saturated carbocycles. The van der Waals surface area contributed by atoms with Gasteiger partial charge in [0.1, 0.15) is 0 Å². The highest BCUT2D eigenvalue weighted by molar-refractivity contribution is 7.89. The van der Waals surface area contributed by atoms with Gasteiger partial charge in [-0.3, -0.25) is 0 Å². The van der Waals surface area contributed by atoms with Crippen LogP contribution in [0.5, 0.6) is 0 Å². The molecule has 1 atom stereocenters. The summed E-state index contributed by atoms with van der Waals surface area (Å²) in [5, 5.41) is 0. The number of hydrogen-bond acceptors (Lipinski definition) is 2. The van der Waals surface area contributed by atoms with Crippen molar-refractivity contribution >= 4 is 11.4 Å². The van der Waals surface area contributed by atoms with E-state index in [1.807, 2.05) is 55.7 Å². The van der Waals surface area contributed by atoms with E-state index in [9.17, 15) is 4.55 Å². The van der Waals surface area contributed by atoms with Crippen molar-refractivity contribution in [1.29, 1.82) is 0 Å². The molecule has 2 aromatic rings. The first-order valence-corrected chi connectivity index (χ1v) is 7.23. The molecule has 0 spiro atoms. The fourth-order valence-corrected chi connectivity index (χ4v) is 2.57. The molecule has 0 saturated heterocycles. The molecule has 0 aliphatic carbocycles. The van der Waals surface area contributed by atoms with Gasteiger partial charge in [0.25, 0.3) is 0 Å². The molecule has 1 heterocycles. The molecule has 0 fully saturated rings. The minimum Gasteiger partial charge on any atom is -0.593 e. The summed E-state index contributed by atoms with van der Waals surface area (Å²) in [4.78, 5) is 0.835. The van der Waals surface area contributed by atoms with E-state index in [4.69, 9.17) is 0 Å². The fraction of sp³-hybridized carbons (Fsp3) is 0.286. The summed E-state index contributed by atoms with van der Waals surface area (Å²) in [7, 11) is 0. The van der Waals surface area contributed by atoms with Gasteiger partial charge in [0.05, 0.1) is 11.4 Å². The van der Waals surface area contributed by atoms with E-state index in [0.717, 1.165) is 24.4 Å². The van der Waals surface area contributed by atoms with E-state index in [-0.39, 0.29) is 0 Å². The van der Waals surface area contributed by atoms with Crippen LogP contribution in [0.15, 0.2) is 53.7 Å². The molecule has 0 radical (unpaired) electrons. The number of aromatic nitrogens is 1. The van der Waals surface area contributed by atoms with Crippen LogP contribution in [-0.2, 0) is 17.9 Å². The third-order valence-corrected chi connectivity index (χ3v) is 3.89. The molecule has 1 aromatic heterocycles. The summed E-state index contributed by atoms with van der Waals surface area (Å²) in [5.41, 5.74) is 1.18. The van der Waals surface area contributed by atoms with E-state index in [1.165, 1.54) is 5.56 Å². The normalized spacial score (nSPS) is 12.6. The summed E-state index contributed by atoms with van der Waals surface area (Å²) < 4.78 is 17.1. The Balaban J connectivity index is 1.71. The summed E-state index contributed by atoms with van der Waals surface area (Å²) in [6.07, 6.45) is 5.04. The largest absolute Gasteiger partial charge is 0.593 e. The Morgan fingerprint density at radius 2 is 1.83 bits per heavy atom. The van der Waals surface area contributed by atoms with Crippen molar-refractivity contribution in [2.45, 2.75) is 24.8 Å². The van der Waals surface area contributed by atoms with Crippen LogP contribution in [0.2, 0.25) is 0 Å². The SMILES string of the molecule is Cc1ccc([S+]([O-])NCCCn2cccc2)cc1. The highest BCUT2D eigenvalue weighted by atomic mass is 32.2. The zero-order valence-corrected chi connectivity index (χ0v) is 11.3. The van der Waals surface area contributed by atoms with Crippen LogP contribution in [-0.4, -0.2) is 15.7 Å². The smallest absolute Gasteiger partial charge is 0.173 e. The molecule has 1 unspecified atom stereocenters. The van der Waals surface area contributed by atoms with Gasteiger partial charge in [-0.1, -0.05) is 17.7 Å². The maximum atomic E-state index is 11.9. The van der Waals surface area contributed by atoms with Crippen LogP contribution >= 0.6 is 0 Å². The lowest BCUT2D eigenvalue weighted by molar-refractivity contribution is 0.569. The third-order valence-electron chi connectivity index (χ3n) is 2.73. The van der Waals surface area contributed by atoms with Crippen LogP contribution in [0.4, 0.5) is 0 Å². The Morgan fingerprint density at radius 1 is 1.17 bits per heavy atom. The van der Waals surface area contributed by atoms with Crippen LogP contribution in [0.25, 0.3) is 0 Å². The van der Waals surface area contributed by atoms with E-state index < -0.39 is 11.4 Å². The van der Waals surface area contributed by atoms with Crippen LogP contribution < -0.4 is 4.72 Å². The molecule has 0 bridgehead atoms. The Hall–Kier alpha value is -1.23. The average Bonchev–Trinajstić information content (AvgIpc) is 2.88. The molecule has 1 N–H and O–H groups in total. The highest BCUT2D eigenvalue weighted by Gasteiger charge is 2.09. The molecule has 4 heteroatoms. The molecule has 1 aromatic carbocycles. The minimum absolute atomic E-state index is 0.749. The van der Waals surface area contributed by atoms with E-state index in [2.05, 4.69) is 9.29 Å². The second-order valence-corrected chi connectivity index (χ2v) is 5.55. The van der Waals surface area contributed by atoms with Gasteiger partial charge in [-0.15, -0.1) is 4.72 Å². The molecule has 0 amide bonds. The van der Waals surface area contributed by atoms with E-state index >= 15 is 0 Å². The van der Waals surface area contributed by atoms with Crippen molar-refractivity contribution in [2.75, 3.05) is 6.54 Å². The number of rotatable bonds is 6. The third kappa shape index (κ3) is 3.91. The Kier molecular flexibility index (Phi) is 4.87. The van der Waals surface area contributed by atoms with E-state index in [1.54, 1.807) is 0 Å². The summed E-state index contributed by atoms with van der Waals surface area (Å²) in [6, 6.07) is 11.8. The van der Waals surface area contributed by atoms with Crippen molar-refractivity contribution in [2.24, 2.45) is 0 Å². The van der Waals surface area contributed by atoms with Crippen molar-refractivity contribution in [3.8, 4) is 0 Å². The van der Waals surface area contributed by atoms with Crippen LogP contribution in [0.3, 0.4) is 0 Å². The molecule has 96 valence electrons.